The highest BCUT2D eigenvalue weighted by Gasteiger charge is 2.05. The Morgan fingerprint density at radius 1 is 1.46 bits per heavy atom. The molecule has 0 amide bonds. The van der Waals surface area contributed by atoms with Crippen LogP contribution in [0.15, 0.2) is 16.6 Å². The molecule has 0 aliphatic heterocycles. The molecule has 0 aliphatic carbocycles. The summed E-state index contributed by atoms with van der Waals surface area (Å²) in [6.45, 7) is 2.40. The molecule has 0 aromatic heterocycles. The van der Waals surface area contributed by atoms with E-state index in [-0.39, 0.29) is 0 Å². The van der Waals surface area contributed by atoms with Gasteiger partial charge in [0.05, 0.1) is 18.2 Å². The van der Waals surface area contributed by atoms with Crippen LogP contribution < -0.4 is 10.6 Å². The van der Waals surface area contributed by atoms with Crippen LogP contribution in [0.4, 0.5) is 0 Å². The van der Waals surface area contributed by atoms with E-state index in [2.05, 4.69) is 20.8 Å². The highest BCUT2D eigenvalue weighted by molar-refractivity contribution is 9.10. The smallest absolute Gasteiger partial charge is 0.133 e. The second kappa shape index (κ2) is 4.60. The van der Waals surface area contributed by atoms with Gasteiger partial charge < -0.3 is 4.74 Å². The Kier molecular flexibility index (Phi) is 3.71. The quantitative estimate of drug-likeness (QED) is 0.831. The highest BCUT2D eigenvalue weighted by Crippen LogP contribution is 2.28. The van der Waals surface area contributed by atoms with Crippen molar-refractivity contribution in [3.63, 3.8) is 0 Å². The van der Waals surface area contributed by atoms with Gasteiger partial charge in [-0.25, -0.2) is 5.90 Å². The molecule has 4 heteroatoms. The van der Waals surface area contributed by atoms with Crippen LogP contribution in [0.1, 0.15) is 11.1 Å². The molecular weight excluding hydrogens is 234 g/mol. The van der Waals surface area contributed by atoms with E-state index >= 15 is 0 Å². The monoisotopic (exact) mass is 245 g/mol. The Bertz CT molecular complexity index is 302. The summed E-state index contributed by atoms with van der Waals surface area (Å²) >= 11 is 3.39. The van der Waals surface area contributed by atoms with E-state index in [1.165, 1.54) is 0 Å². The van der Waals surface area contributed by atoms with Gasteiger partial charge in [0.1, 0.15) is 5.75 Å². The first kappa shape index (κ1) is 10.5. The average Bonchev–Trinajstić information content (AvgIpc) is 2.11. The summed E-state index contributed by atoms with van der Waals surface area (Å²) < 4.78 is 6.05. The zero-order valence-corrected chi connectivity index (χ0v) is 9.22. The fraction of sp³-hybridized carbons (Fsp3) is 0.333. The van der Waals surface area contributed by atoms with Crippen LogP contribution in [0.2, 0.25) is 0 Å². The van der Waals surface area contributed by atoms with E-state index in [0.29, 0.717) is 6.61 Å². The molecule has 2 N–H and O–H groups in total. The number of benzene rings is 1. The third kappa shape index (κ3) is 2.43. The number of methoxy groups -OCH3 is 1. The molecule has 0 aliphatic rings. The molecule has 0 atom stereocenters. The van der Waals surface area contributed by atoms with Crippen molar-refractivity contribution in [3.05, 3.63) is 27.7 Å². The van der Waals surface area contributed by atoms with E-state index in [1.54, 1.807) is 7.11 Å². The highest BCUT2D eigenvalue weighted by atomic mass is 79.9. The SMILES string of the molecule is COc1cc(C)c(CON)cc1Br. The Morgan fingerprint density at radius 2 is 2.15 bits per heavy atom. The van der Waals surface area contributed by atoms with Gasteiger partial charge in [-0.15, -0.1) is 0 Å². The van der Waals surface area contributed by atoms with Crippen LogP contribution in [0.3, 0.4) is 0 Å². The molecule has 0 saturated heterocycles. The van der Waals surface area contributed by atoms with Crippen molar-refractivity contribution < 1.29 is 9.57 Å². The van der Waals surface area contributed by atoms with E-state index in [0.717, 1.165) is 21.3 Å². The number of halogens is 1. The summed E-state index contributed by atoms with van der Waals surface area (Å²) in [4.78, 5) is 4.58. The summed E-state index contributed by atoms with van der Waals surface area (Å²) in [7, 11) is 1.64. The summed E-state index contributed by atoms with van der Waals surface area (Å²) in [6.07, 6.45) is 0. The van der Waals surface area contributed by atoms with Crippen molar-refractivity contribution in [3.8, 4) is 5.75 Å². The van der Waals surface area contributed by atoms with Gasteiger partial charge >= 0.3 is 0 Å². The molecule has 0 unspecified atom stereocenters. The maximum absolute atomic E-state index is 5.14. The first-order valence-corrected chi connectivity index (χ1v) is 4.63. The summed E-state index contributed by atoms with van der Waals surface area (Å²) in [5.41, 5.74) is 2.15. The van der Waals surface area contributed by atoms with Gasteiger partial charge in [0.15, 0.2) is 0 Å². The molecule has 0 saturated carbocycles. The number of ether oxygens (including phenoxy) is 1. The third-order valence-corrected chi connectivity index (χ3v) is 2.47. The van der Waals surface area contributed by atoms with Gasteiger partial charge in [0, 0.05) is 0 Å². The summed E-state index contributed by atoms with van der Waals surface area (Å²) in [5.74, 6) is 5.82. The van der Waals surface area contributed by atoms with Crippen molar-refractivity contribution in [2.45, 2.75) is 13.5 Å². The van der Waals surface area contributed by atoms with Crippen molar-refractivity contribution in [2.24, 2.45) is 5.90 Å². The van der Waals surface area contributed by atoms with Gasteiger partial charge in [-0.1, -0.05) is 0 Å². The Hall–Kier alpha value is -0.580. The largest absolute Gasteiger partial charge is 0.496 e. The van der Waals surface area contributed by atoms with Crippen LogP contribution in [0.5, 0.6) is 5.75 Å². The molecule has 0 fully saturated rings. The Morgan fingerprint density at radius 3 is 2.69 bits per heavy atom. The second-order valence-corrected chi connectivity index (χ2v) is 3.58. The summed E-state index contributed by atoms with van der Waals surface area (Å²) in [6, 6.07) is 3.89. The maximum Gasteiger partial charge on any atom is 0.133 e. The fourth-order valence-electron chi connectivity index (χ4n) is 1.10. The predicted octanol–water partition coefficient (Wildman–Crippen LogP) is 2.16. The number of hydrogen-bond donors (Lipinski definition) is 1. The first-order valence-electron chi connectivity index (χ1n) is 3.83. The zero-order valence-electron chi connectivity index (χ0n) is 7.63. The minimum absolute atomic E-state index is 0.411. The second-order valence-electron chi connectivity index (χ2n) is 2.72. The van der Waals surface area contributed by atoms with Crippen LogP contribution >= 0.6 is 15.9 Å². The normalized spacial score (nSPS) is 10.2. The molecular formula is C9H12BrNO2. The predicted molar refractivity (Wildman–Crippen MR) is 54.4 cm³/mol. The van der Waals surface area contributed by atoms with E-state index in [9.17, 15) is 0 Å². The standard InChI is InChI=1S/C9H12BrNO2/c1-6-3-9(12-2)8(10)4-7(6)5-13-11/h3-4H,5,11H2,1-2H3. The van der Waals surface area contributed by atoms with E-state index in [1.807, 2.05) is 19.1 Å². The Labute approximate surface area is 85.9 Å². The lowest BCUT2D eigenvalue weighted by molar-refractivity contribution is 0.123. The molecule has 1 rings (SSSR count). The molecule has 13 heavy (non-hydrogen) atoms. The number of aryl methyl sites for hydroxylation is 1. The molecule has 0 radical (unpaired) electrons. The fourth-order valence-corrected chi connectivity index (χ4v) is 1.65. The van der Waals surface area contributed by atoms with Gasteiger partial charge in [-0.2, -0.15) is 0 Å². The minimum atomic E-state index is 0.411. The molecule has 0 heterocycles. The number of nitrogens with two attached hydrogens (primary N) is 1. The molecule has 0 spiro atoms. The maximum atomic E-state index is 5.14. The Balaban J connectivity index is 3.05. The summed E-state index contributed by atoms with van der Waals surface area (Å²) in [5, 5.41) is 0. The minimum Gasteiger partial charge on any atom is -0.496 e. The molecule has 1 aromatic rings. The third-order valence-electron chi connectivity index (χ3n) is 1.85. The van der Waals surface area contributed by atoms with E-state index < -0.39 is 0 Å². The van der Waals surface area contributed by atoms with Crippen LogP contribution in [0, 0.1) is 6.92 Å². The molecule has 72 valence electrons. The van der Waals surface area contributed by atoms with Crippen molar-refractivity contribution in [1.29, 1.82) is 0 Å². The topological polar surface area (TPSA) is 44.5 Å². The first-order chi connectivity index (χ1) is 6.19. The van der Waals surface area contributed by atoms with Crippen molar-refractivity contribution in [2.75, 3.05) is 7.11 Å². The average molecular weight is 246 g/mol. The lowest BCUT2D eigenvalue weighted by atomic mass is 10.1. The van der Waals surface area contributed by atoms with Gasteiger partial charge in [-0.05, 0) is 46.1 Å². The lowest BCUT2D eigenvalue weighted by Gasteiger charge is -2.08. The van der Waals surface area contributed by atoms with Crippen molar-refractivity contribution >= 4 is 15.9 Å². The van der Waals surface area contributed by atoms with Gasteiger partial charge in [-0.3, -0.25) is 4.84 Å². The number of hydrogen-bond acceptors (Lipinski definition) is 3. The van der Waals surface area contributed by atoms with Gasteiger partial charge in [0.2, 0.25) is 0 Å². The van der Waals surface area contributed by atoms with Crippen LogP contribution in [0.25, 0.3) is 0 Å². The lowest BCUT2D eigenvalue weighted by Crippen LogP contribution is -2.01. The van der Waals surface area contributed by atoms with Crippen molar-refractivity contribution in [1.82, 2.24) is 0 Å². The number of rotatable bonds is 3. The van der Waals surface area contributed by atoms with Crippen LogP contribution in [-0.4, -0.2) is 7.11 Å². The molecule has 3 nitrogen and oxygen atoms in total. The molecule has 1 aromatic carbocycles. The van der Waals surface area contributed by atoms with Gasteiger partial charge in [0.25, 0.3) is 0 Å². The van der Waals surface area contributed by atoms with Crippen LogP contribution in [-0.2, 0) is 11.4 Å². The van der Waals surface area contributed by atoms with E-state index in [4.69, 9.17) is 10.6 Å². The zero-order chi connectivity index (χ0) is 9.84. The molecule has 0 bridgehead atoms.